The molecule has 0 aliphatic carbocycles. The zero-order valence-corrected chi connectivity index (χ0v) is 12.0. The first-order valence-corrected chi connectivity index (χ1v) is 7.73. The van der Waals surface area contributed by atoms with E-state index in [0.29, 0.717) is 18.2 Å². The van der Waals surface area contributed by atoms with Crippen LogP contribution in [0.25, 0.3) is 0 Å². The van der Waals surface area contributed by atoms with E-state index in [0.717, 1.165) is 12.8 Å². The van der Waals surface area contributed by atoms with Crippen LogP contribution in [0.5, 0.6) is 0 Å². The Morgan fingerprint density at radius 1 is 1.33 bits per heavy atom. The van der Waals surface area contributed by atoms with Gasteiger partial charge in [-0.05, 0) is 31.7 Å². The second-order valence-corrected chi connectivity index (χ2v) is 6.77. The lowest BCUT2D eigenvalue weighted by Crippen LogP contribution is -2.32. The maximum atomic E-state index is 12.0. The van der Waals surface area contributed by atoms with Gasteiger partial charge in [0.25, 0.3) is 0 Å². The van der Waals surface area contributed by atoms with Gasteiger partial charge >= 0.3 is 0 Å². The molecule has 1 aromatic rings. The highest BCUT2D eigenvalue weighted by molar-refractivity contribution is 7.89. The SMILES string of the molecule is CC(C)CCC(C)NS(=O)(=O)c1c[nH]c(CN)c1. The maximum Gasteiger partial charge on any atom is 0.242 e. The molecule has 0 radical (unpaired) electrons. The number of nitrogens with one attached hydrogen (secondary N) is 2. The van der Waals surface area contributed by atoms with Crippen molar-refractivity contribution in [2.24, 2.45) is 11.7 Å². The van der Waals surface area contributed by atoms with Gasteiger partial charge < -0.3 is 10.7 Å². The molecule has 0 saturated carbocycles. The van der Waals surface area contributed by atoms with Gasteiger partial charge in [0.2, 0.25) is 10.0 Å². The van der Waals surface area contributed by atoms with Gasteiger partial charge in [0, 0.05) is 24.5 Å². The summed E-state index contributed by atoms with van der Waals surface area (Å²) in [5.74, 6) is 0.577. The predicted molar refractivity (Wildman–Crippen MR) is 72.5 cm³/mol. The average Bonchev–Trinajstić information content (AvgIpc) is 2.75. The highest BCUT2D eigenvalue weighted by Gasteiger charge is 2.18. The van der Waals surface area contributed by atoms with Crippen molar-refractivity contribution in [1.29, 1.82) is 0 Å². The Kier molecular flexibility index (Phi) is 5.37. The van der Waals surface area contributed by atoms with Gasteiger partial charge in [-0.15, -0.1) is 0 Å². The van der Waals surface area contributed by atoms with Gasteiger partial charge in [-0.1, -0.05) is 13.8 Å². The van der Waals surface area contributed by atoms with E-state index < -0.39 is 10.0 Å². The third kappa shape index (κ3) is 4.44. The van der Waals surface area contributed by atoms with Gasteiger partial charge in [-0.2, -0.15) is 0 Å². The minimum Gasteiger partial charge on any atom is -0.363 e. The molecule has 0 saturated heterocycles. The van der Waals surface area contributed by atoms with E-state index in [9.17, 15) is 8.42 Å². The third-order valence-electron chi connectivity index (χ3n) is 2.78. The van der Waals surface area contributed by atoms with E-state index in [-0.39, 0.29) is 10.9 Å². The minimum atomic E-state index is -3.43. The number of rotatable bonds is 7. The summed E-state index contributed by atoms with van der Waals surface area (Å²) in [5, 5.41) is 0. The normalized spacial score (nSPS) is 14.1. The molecule has 0 fully saturated rings. The summed E-state index contributed by atoms with van der Waals surface area (Å²) < 4.78 is 26.8. The van der Waals surface area contributed by atoms with Gasteiger partial charge in [0.1, 0.15) is 0 Å². The van der Waals surface area contributed by atoms with Crippen molar-refractivity contribution < 1.29 is 8.42 Å². The highest BCUT2D eigenvalue weighted by Crippen LogP contribution is 2.13. The molecule has 1 aromatic heterocycles. The largest absolute Gasteiger partial charge is 0.363 e. The van der Waals surface area contributed by atoms with Crippen molar-refractivity contribution in [1.82, 2.24) is 9.71 Å². The number of aromatic amines is 1. The quantitative estimate of drug-likeness (QED) is 0.704. The molecule has 18 heavy (non-hydrogen) atoms. The maximum absolute atomic E-state index is 12.0. The fourth-order valence-corrected chi connectivity index (χ4v) is 2.96. The van der Waals surface area contributed by atoms with E-state index in [1.165, 1.54) is 6.20 Å². The lowest BCUT2D eigenvalue weighted by Gasteiger charge is -2.14. The van der Waals surface area contributed by atoms with Crippen LogP contribution in [0.15, 0.2) is 17.2 Å². The molecular formula is C12H23N3O2S. The topological polar surface area (TPSA) is 88.0 Å². The molecule has 104 valence electrons. The molecule has 0 aliphatic heterocycles. The van der Waals surface area contributed by atoms with Crippen LogP contribution in [0.1, 0.15) is 39.3 Å². The number of sulfonamides is 1. The first-order valence-electron chi connectivity index (χ1n) is 6.25. The summed E-state index contributed by atoms with van der Waals surface area (Å²) >= 11 is 0. The lowest BCUT2D eigenvalue weighted by molar-refractivity contribution is 0.485. The van der Waals surface area contributed by atoms with Crippen LogP contribution in [-0.4, -0.2) is 19.4 Å². The number of aromatic nitrogens is 1. The lowest BCUT2D eigenvalue weighted by atomic mass is 10.1. The molecule has 0 aromatic carbocycles. The Bertz CT molecular complexity index is 465. The molecule has 1 atom stereocenters. The fraction of sp³-hybridized carbons (Fsp3) is 0.667. The first-order chi connectivity index (χ1) is 8.35. The van der Waals surface area contributed by atoms with Crippen molar-refractivity contribution in [3.05, 3.63) is 18.0 Å². The Morgan fingerprint density at radius 3 is 2.50 bits per heavy atom. The van der Waals surface area contributed by atoms with E-state index in [2.05, 4.69) is 23.6 Å². The van der Waals surface area contributed by atoms with Crippen LogP contribution in [0.2, 0.25) is 0 Å². The molecular weight excluding hydrogens is 250 g/mol. The van der Waals surface area contributed by atoms with Crippen LogP contribution >= 0.6 is 0 Å². The molecule has 1 unspecified atom stereocenters. The average molecular weight is 273 g/mol. The second-order valence-electron chi connectivity index (χ2n) is 5.06. The zero-order chi connectivity index (χ0) is 13.8. The van der Waals surface area contributed by atoms with Crippen molar-refractivity contribution in [3.8, 4) is 0 Å². The van der Waals surface area contributed by atoms with E-state index >= 15 is 0 Å². The molecule has 0 spiro atoms. The Morgan fingerprint density at radius 2 is 2.00 bits per heavy atom. The summed E-state index contributed by atoms with van der Waals surface area (Å²) in [7, 11) is -3.43. The van der Waals surface area contributed by atoms with Crippen LogP contribution in [-0.2, 0) is 16.6 Å². The Labute approximate surface area is 109 Å². The van der Waals surface area contributed by atoms with Crippen molar-refractivity contribution in [3.63, 3.8) is 0 Å². The third-order valence-corrected chi connectivity index (χ3v) is 4.35. The van der Waals surface area contributed by atoms with E-state index in [4.69, 9.17) is 5.73 Å². The molecule has 0 bridgehead atoms. The second kappa shape index (κ2) is 6.36. The van der Waals surface area contributed by atoms with E-state index in [1.807, 2.05) is 6.92 Å². The summed E-state index contributed by atoms with van der Waals surface area (Å²) in [6, 6.07) is 1.51. The Balaban J connectivity index is 2.64. The van der Waals surface area contributed by atoms with Gasteiger partial charge in [-0.3, -0.25) is 0 Å². The predicted octanol–water partition coefficient (Wildman–Crippen LogP) is 1.58. The number of hydrogen-bond acceptors (Lipinski definition) is 3. The fourth-order valence-electron chi connectivity index (χ4n) is 1.67. The van der Waals surface area contributed by atoms with Crippen LogP contribution in [0, 0.1) is 5.92 Å². The molecule has 0 amide bonds. The van der Waals surface area contributed by atoms with Crippen LogP contribution in [0.4, 0.5) is 0 Å². The van der Waals surface area contributed by atoms with Gasteiger partial charge in [-0.25, -0.2) is 13.1 Å². The monoisotopic (exact) mass is 273 g/mol. The van der Waals surface area contributed by atoms with Crippen molar-refractivity contribution in [2.45, 2.75) is 51.1 Å². The standard InChI is InChI=1S/C12H23N3O2S/c1-9(2)4-5-10(3)15-18(16,17)12-6-11(7-13)14-8-12/h6,8-10,14-15H,4-5,7,13H2,1-3H3. The molecule has 0 aliphatic rings. The summed E-state index contributed by atoms with van der Waals surface area (Å²) in [6.45, 7) is 6.44. The highest BCUT2D eigenvalue weighted by atomic mass is 32.2. The van der Waals surface area contributed by atoms with Crippen molar-refractivity contribution in [2.75, 3.05) is 0 Å². The van der Waals surface area contributed by atoms with Gasteiger partial charge in [0.15, 0.2) is 0 Å². The molecule has 6 heteroatoms. The summed E-state index contributed by atoms with van der Waals surface area (Å²) in [5.41, 5.74) is 6.16. The smallest absolute Gasteiger partial charge is 0.242 e. The number of hydrogen-bond donors (Lipinski definition) is 3. The summed E-state index contributed by atoms with van der Waals surface area (Å²) in [4.78, 5) is 3.09. The molecule has 4 N–H and O–H groups in total. The molecule has 1 heterocycles. The van der Waals surface area contributed by atoms with Crippen molar-refractivity contribution >= 4 is 10.0 Å². The van der Waals surface area contributed by atoms with Crippen LogP contribution < -0.4 is 10.5 Å². The number of nitrogens with two attached hydrogens (primary N) is 1. The molecule has 1 rings (SSSR count). The summed E-state index contributed by atoms with van der Waals surface area (Å²) in [6.07, 6.45) is 3.32. The number of H-pyrrole nitrogens is 1. The first kappa shape index (κ1) is 15.2. The van der Waals surface area contributed by atoms with E-state index in [1.54, 1.807) is 6.07 Å². The van der Waals surface area contributed by atoms with Gasteiger partial charge in [0.05, 0.1) is 4.90 Å². The molecule has 5 nitrogen and oxygen atoms in total. The zero-order valence-electron chi connectivity index (χ0n) is 11.2. The van der Waals surface area contributed by atoms with Crippen LogP contribution in [0.3, 0.4) is 0 Å². The Hall–Kier alpha value is -0.850. The minimum absolute atomic E-state index is 0.0615.